The topological polar surface area (TPSA) is 0 Å². The Labute approximate surface area is 59.1 Å². The van der Waals surface area contributed by atoms with Crippen LogP contribution in [0.15, 0.2) is 10.8 Å². The van der Waals surface area contributed by atoms with Crippen LogP contribution in [0.2, 0.25) is 0 Å². The van der Waals surface area contributed by atoms with Crippen LogP contribution in [0.4, 0.5) is 0 Å². The van der Waals surface area contributed by atoms with Crippen LogP contribution in [0, 0.1) is 6.92 Å². The van der Waals surface area contributed by atoms with Gasteiger partial charge in [-0.05, 0) is 17.2 Å². The van der Waals surface area contributed by atoms with Gasteiger partial charge in [-0.1, -0.05) is 13.3 Å². The first-order valence-corrected chi connectivity index (χ1v) is 4.57. The van der Waals surface area contributed by atoms with Crippen molar-refractivity contribution in [1.82, 2.24) is 0 Å². The lowest BCUT2D eigenvalue weighted by atomic mass is 10.4. The molecule has 1 aliphatic heterocycles. The van der Waals surface area contributed by atoms with Crippen molar-refractivity contribution >= 4 is 23.5 Å². The molecule has 0 unspecified atom stereocenters. The van der Waals surface area contributed by atoms with Crippen LogP contribution in [-0.2, 0) is 0 Å². The van der Waals surface area contributed by atoms with E-state index in [4.69, 9.17) is 0 Å². The smallest absolute Gasteiger partial charge is 0.0585 e. The minimum Gasteiger partial charge on any atom is -0.119 e. The molecule has 45 valence electrons. The first-order valence-electron chi connectivity index (χ1n) is 2.68. The van der Waals surface area contributed by atoms with Crippen LogP contribution >= 0.6 is 23.5 Å². The van der Waals surface area contributed by atoms with Gasteiger partial charge in [-0.25, -0.2) is 0 Å². The van der Waals surface area contributed by atoms with Crippen molar-refractivity contribution < 1.29 is 0 Å². The van der Waals surface area contributed by atoms with Crippen molar-refractivity contribution in [3.8, 4) is 0 Å². The van der Waals surface area contributed by atoms with E-state index in [1.807, 2.05) is 23.5 Å². The van der Waals surface area contributed by atoms with Gasteiger partial charge in [0.2, 0.25) is 0 Å². The van der Waals surface area contributed by atoms with Crippen LogP contribution in [0.3, 0.4) is 0 Å². The van der Waals surface area contributed by atoms with Crippen LogP contribution in [-0.4, -0.2) is 4.58 Å². The molecule has 1 rings (SSSR count). The molecular formula is C6H9S2. The summed E-state index contributed by atoms with van der Waals surface area (Å²) >= 11 is 3.82. The predicted octanol–water partition coefficient (Wildman–Crippen LogP) is 2.88. The molecule has 1 heterocycles. The van der Waals surface area contributed by atoms with Gasteiger partial charge in [0.05, 0.1) is 4.58 Å². The summed E-state index contributed by atoms with van der Waals surface area (Å²) in [6, 6.07) is 0. The molecule has 0 saturated heterocycles. The molecule has 8 heavy (non-hydrogen) atoms. The lowest BCUT2D eigenvalue weighted by molar-refractivity contribution is 0.940. The highest BCUT2D eigenvalue weighted by molar-refractivity contribution is 8.22. The van der Waals surface area contributed by atoms with E-state index in [9.17, 15) is 0 Å². The third-order valence-corrected chi connectivity index (χ3v) is 3.46. The highest BCUT2D eigenvalue weighted by Crippen LogP contribution is 2.35. The number of rotatable bonds is 2. The Morgan fingerprint density at radius 3 is 2.50 bits per heavy atom. The summed E-state index contributed by atoms with van der Waals surface area (Å²) in [7, 11) is 0. The molecule has 0 fully saturated rings. The Bertz CT molecular complexity index is 80.5. The maximum absolute atomic E-state index is 3.79. The van der Waals surface area contributed by atoms with Crippen molar-refractivity contribution in [1.29, 1.82) is 0 Å². The standard InChI is InChI=1S/C6H9S2/c1-2-3-6-7-4-5-8-6/h4-6H,1-3H2. The van der Waals surface area contributed by atoms with E-state index in [0.29, 0.717) is 0 Å². The number of hydrogen-bond acceptors (Lipinski definition) is 2. The first kappa shape index (κ1) is 6.56. The van der Waals surface area contributed by atoms with Crippen LogP contribution in [0.1, 0.15) is 12.8 Å². The average molecular weight is 145 g/mol. The van der Waals surface area contributed by atoms with Gasteiger partial charge in [-0.2, -0.15) is 0 Å². The predicted molar refractivity (Wildman–Crippen MR) is 42.7 cm³/mol. The highest BCUT2D eigenvalue weighted by Gasteiger charge is 2.08. The van der Waals surface area contributed by atoms with Gasteiger partial charge in [-0.15, -0.1) is 23.5 Å². The zero-order chi connectivity index (χ0) is 5.82. The normalized spacial score (nSPS) is 20.1. The van der Waals surface area contributed by atoms with Crippen molar-refractivity contribution in [3.63, 3.8) is 0 Å². The van der Waals surface area contributed by atoms with E-state index in [2.05, 4.69) is 17.7 Å². The Hall–Kier alpha value is 0.440. The summed E-state index contributed by atoms with van der Waals surface area (Å²) in [5, 5.41) is 4.32. The Morgan fingerprint density at radius 1 is 1.38 bits per heavy atom. The Kier molecular flexibility index (Phi) is 2.84. The second kappa shape index (κ2) is 3.46. The van der Waals surface area contributed by atoms with Gasteiger partial charge >= 0.3 is 0 Å². The van der Waals surface area contributed by atoms with E-state index < -0.39 is 0 Å². The molecule has 0 atom stereocenters. The van der Waals surface area contributed by atoms with Gasteiger partial charge in [0, 0.05) is 0 Å². The van der Waals surface area contributed by atoms with Crippen LogP contribution in [0.5, 0.6) is 0 Å². The molecule has 0 bridgehead atoms. The van der Waals surface area contributed by atoms with E-state index >= 15 is 0 Å². The van der Waals surface area contributed by atoms with E-state index in [-0.39, 0.29) is 0 Å². The molecule has 0 aromatic rings. The molecule has 0 aromatic carbocycles. The fraction of sp³-hybridized carbons (Fsp3) is 0.500. The van der Waals surface area contributed by atoms with Crippen molar-refractivity contribution in [2.75, 3.05) is 0 Å². The largest absolute Gasteiger partial charge is 0.119 e. The quantitative estimate of drug-likeness (QED) is 0.586. The van der Waals surface area contributed by atoms with Crippen LogP contribution < -0.4 is 0 Å². The summed E-state index contributed by atoms with van der Waals surface area (Å²) in [5.74, 6) is 0. The average Bonchev–Trinajstić information content (AvgIpc) is 2.19. The van der Waals surface area contributed by atoms with Gasteiger partial charge in [-0.3, -0.25) is 0 Å². The molecule has 0 aliphatic carbocycles. The number of hydrogen-bond donors (Lipinski definition) is 0. The molecule has 0 aromatic heterocycles. The maximum Gasteiger partial charge on any atom is 0.0585 e. The molecule has 0 saturated carbocycles. The third kappa shape index (κ3) is 1.75. The SMILES string of the molecule is [CH2]CCC1SC=CS1. The summed E-state index contributed by atoms with van der Waals surface area (Å²) in [6.07, 6.45) is 2.30. The van der Waals surface area contributed by atoms with Crippen LogP contribution in [0.25, 0.3) is 0 Å². The van der Waals surface area contributed by atoms with Gasteiger partial charge in [0.15, 0.2) is 0 Å². The summed E-state index contributed by atoms with van der Waals surface area (Å²) in [5.41, 5.74) is 0. The molecule has 0 nitrogen and oxygen atoms in total. The first-order chi connectivity index (χ1) is 3.93. The van der Waals surface area contributed by atoms with Crippen molar-refractivity contribution in [2.24, 2.45) is 0 Å². The van der Waals surface area contributed by atoms with Crippen molar-refractivity contribution in [3.05, 3.63) is 17.7 Å². The maximum atomic E-state index is 3.79. The fourth-order valence-electron chi connectivity index (χ4n) is 0.574. The van der Waals surface area contributed by atoms with Gasteiger partial charge in [0.1, 0.15) is 0 Å². The molecule has 0 spiro atoms. The van der Waals surface area contributed by atoms with Gasteiger partial charge in [0.25, 0.3) is 0 Å². The fourth-order valence-corrected chi connectivity index (χ4v) is 2.68. The molecule has 0 N–H and O–H groups in total. The molecule has 1 aliphatic rings. The zero-order valence-electron chi connectivity index (χ0n) is 4.67. The summed E-state index contributed by atoms with van der Waals surface area (Å²) in [4.78, 5) is 0. The third-order valence-electron chi connectivity index (χ3n) is 0.956. The second-order valence-corrected chi connectivity index (χ2v) is 4.14. The van der Waals surface area contributed by atoms with Gasteiger partial charge < -0.3 is 0 Å². The van der Waals surface area contributed by atoms with Crippen molar-refractivity contribution in [2.45, 2.75) is 17.4 Å². The van der Waals surface area contributed by atoms with E-state index in [1.165, 1.54) is 6.42 Å². The van der Waals surface area contributed by atoms with E-state index in [0.717, 1.165) is 11.0 Å². The second-order valence-electron chi connectivity index (χ2n) is 1.62. The zero-order valence-corrected chi connectivity index (χ0v) is 6.30. The molecular weight excluding hydrogens is 136 g/mol. The Balaban J connectivity index is 2.10. The monoisotopic (exact) mass is 145 g/mol. The lowest BCUT2D eigenvalue weighted by Crippen LogP contribution is -1.87. The molecule has 1 radical (unpaired) electrons. The molecule has 0 amide bonds. The minimum atomic E-state index is 0.771. The highest BCUT2D eigenvalue weighted by atomic mass is 32.2. The molecule has 2 heteroatoms. The van der Waals surface area contributed by atoms with E-state index in [1.54, 1.807) is 0 Å². The minimum absolute atomic E-state index is 0.771. The number of thioether (sulfide) groups is 2. The summed E-state index contributed by atoms with van der Waals surface area (Å²) < 4.78 is 0.771. The summed E-state index contributed by atoms with van der Waals surface area (Å²) in [6.45, 7) is 3.79. The lowest BCUT2D eigenvalue weighted by Gasteiger charge is -2.02. The Morgan fingerprint density at radius 2 is 2.00 bits per heavy atom.